The van der Waals surface area contributed by atoms with Crippen molar-refractivity contribution in [2.75, 3.05) is 31.6 Å². The maximum absolute atomic E-state index is 12.7. The predicted octanol–water partition coefficient (Wildman–Crippen LogP) is 2.28. The number of methoxy groups -OCH3 is 1. The third kappa shape index (κ3) is 3.85. The fraction of sp³-hybridized carbons (Fsp3) is 0.524. The molecule has 2 aromatic rings. The van der Waals surface area contributed by atoms with E-state index < -0.39 is 0 Å². The van der Waals surface area contributed by atoms with Crippen LogP contribution < -0.4 is 15.2 Å². The Labute approximate surface area is 165 Å². The lowest BCUT2D eigenvalue weighted by Crippen LogP contribution is -2.39. The standard InChI is InChI=1S/C21H28N4O3/c1-14-4-3-8-25(11-14)21-22-18-7-9-24(13-17(18)20(27)23-21)12-15-5-6-16(28-2)10-19(15)26/h5-6,10,14,26H,3-4,7-9,11-13H2,1-2H3,(H,22,23,27)/t14-/m1/s1. The highest BCUT2D eigenvalue weighted by atomic mass is 16.5. The maximum Gasteiger partial charge on any atom is 0.257 e. The first-order valence-corrected chi connectivity index (χ1v) is 9.98. The number of aromatic hydroxyl groups is 1. The quantitative estimate of drug-likeness (QED) is 0.842. The zero-order valence-electron chi connectivity index (χ0n) is 16.6. The maximum atomic E-state index is 12.7. The van der Waals surface area contributed by atoms with E-state index in [9.17, 15) is 9.90 Å². The lowest BCUT2D eigenvalue weighted by molar-refractivity contribution is 0.238. The molecule has 1 fully saturated rings. The second-order valence-corrected chi connectivity index (χ2v) is 7.96. The molecule has 0 aliphatic carbocycles. The lowest BCUT2D eigenvalue weighted by atomic mass is 10.0. The number of hydrogen-bond acceptors (Lipinski definition) is 6. The van der Waals surface area contributed by atoms with Crippen LogP contribution in [0.3, 0.4) is 0 Å². The Hall–Kier alpha value is -2.54. The summed E-state index contributed by atoms with van der Waals surface area (Å²) in [6.45, 7) is 6.08. The molecule has 0 amide bonds. The summed E-state index contributed by atoms with van der Waals surface area (Å²) >= 11 is 0. The minimum atomic E-state index is -0.0399. The highest BCUT2D eigenvalue weighted by Gasteiger charge is 2.24. The molecule has 1 aromatic carbocycles. The number of fused-ring (bicyclic) bond motifs is 1. The molecule has 7 heteroatoms. The van der Waals surface area contributed by atoms with Crippen LogP contribution in [0.5, 0.6) is 11.5 Å². The van der Waals surface area contributed by atoms with Gasteiger partial charge in [0.25, 0.3) is 5.56 Å². The Bertz CT molecular complexity index is 911. The van der Waals surface area contributed by atoms with E-state index in [1.807, 2.05) is 12.1 Å². The lowest BCUT2D eigenvalue weighted by Gasteiger charge is -2.33. The molecule has 2 aliphatic rings. The van der Waals surface area contributed by atoms with Gasteiger partial charge in [0.2, 0.25) is 5.95 Å². The van der Waals surface area contributed by atoms with E-state index in [-0.39, 0.29) is 11.3 Å². The van der Waals surface area contributed by atoms with Crippen molar-refractivity contribution in [2.24, 2.45) is 5.92 Å². The van der Waals surface area contributed by atoms with Crippen molar-refractivity contribution in [1.82, 2.24) is 14.9 Å². The molecule has 1 saturated heterocycles. The second kappa shape index (κ2) is 7.83. The van der Waals surface area contributed by atoms with Gasteiger partial charge in [-0.25, -0.2) is 4.98 Å². The van der Waals surface area contributed by atoms with Gasteiger partial charge in [-0.2, -0.15) is 0 Å². The number of rotatable bonds is 4. The van der Waals surface area contributed by atoms with Crippen molar-refractivity contribution < 1.29 is 9.84 Å². The monoisotopic (exact) mass is 384 g/mol. The van der Waals surface area contributed by atoms with E-state index in [0.29, 0.717) is 24.8 Å². The summed E-state index contributed by atoms with van der Waals surface area (Å²) in [7, 11) is 1.58. The number of piperidine rings is 1. The number of nitrogens with one attached hydrogen (secondary N) is 1. The van der Waals surface area contributed by atoms with E-state index in [0.717, 1.165) is 55.2 Å². The van der Waals surface area contributed by atoms with Crippen molar-refractivity contribution in [3.05, 3.63) is 45.4 Å². The SMILES string of the molecule is COc1ccc(CN2CCc3nc(N4CCC[C@@H](C)C4)[nH]c(=O)c3C2)c(O)c1. The van der Waals surface area contributed by atoms with Gasteiger partial charge in [0.1, 0.15) is 11.5 Å². The van der Waals surface area contributed by atoms with Gasteiger partial charge in [-0.1, -0.05) is 13.0 Å². The number of phenolic OH excluding ortho intramolecular Hbond substituents is 1. The van der Waals surface area contributed by atoms with Gasteiger partial charge < -0.3 is 14.7 Å². The molecule has 0 unspecified atom stereocenters. The number of phenols is 1. The molecule has 1 atom stereocenters. The molecule has 0 spiro atoms. The van der Waals surface area contributed by atoms with Gasteiger partial charge in [0.15, 0.2) is 0 Å². The summed E-state index contributed by atoms with van der Waals surface area (Å²) in [5, 5.41) is 10.2. The average Bonchev–Trinajstić information content (AvgIpc) is 2.69. The molecule has 2 aliphatic heterocycles. The van der Waals surface area contributed by atoms with Crippen molar-refractivity contribution in [1.29, 1.82) is 0 Å². The molecular formula is C21H28N4O3. The van der Waals surface area contributed by atoms with E-state index in [2.05, 4.69) is 21.7 Å². The number of ether oxygens (including phenoxy) is 1. The fourth-order valence-corrected chi connectivity index (χ4v) is 4.18. The van der Waals surface area contributed by atoms with Gasteiger partial charge in [-0.3, -0.25) is 14.7 Å². The number of H-pyrrole nitrogens is 1. The van der Waals surface area contributed by atoms with Gasteiger partial charge in [0, 0.05) is 50.8 Å². The molecule has 0 bridgehead atoms. The van der Waals surface area contributed by atoms with E-state index in [1.54, 1.807) is 13.2 Å². The number of aromatic nitrogens is 2. The Kier molecular flexibility index (Phi) is 5.26. The van der Waals surface area contributed by atoms with Crippen LogP contribution in [0.4, 0.5) is 5.95 Å². The summed E-state index contributed by atoms with van der Waals surface area (Å²) in [4.78, 5) is 24.9. The average molecular weight is 384 g/mol. The number of nitrogens with zero attached hydrogens (tertiary/aromatic N) is 3. The molecule has 28 heavy (non-hydrogen) atoms. The number of aromatic amines is 1. The van der Waals surface area contributed by atoms with Crippen molar-refractivity contribution in [3.8, 4) is 11.5 Å². The zero-order chi connectivity index (χ0) is 19.7. The molecule has 1 aromatic heterocycles. The van der Waals surface area contributed by atoms with Crippen LogP contribution >= 0.6 is 0 Å². The van der Waals surface area contributed by atoms with Crippen LogP contribution in [0.25, 0.3) is 0 Å². The Morgan fingerprint density at radius 2 is 2.21 bits per heavy atom. The molecule has 2 N–H and O–H groups in total. The Balaban J connectivity index is 1.50. The van der Waals surface area contributed by atoms with E-state index in [1.165, 1.54) is 6.42 Å². The topological polar surface area (TPSA) is 81.7 Å². The smallest absolute Gasteiger partial charge is 0.257 e. The number of benzene rings is 1. The van der Waals surface area contributed by atoms with Crippen LogP contribution in [0, 0.1) is 5.92 Å². The second-order valence-electron chi connectivity index (χ2n) is 7.96. The fourth-order valence-electron chi connectivity index (χ4n) is 4.18. The number of hydrogen-bond donors (Lipinski definition) is 2. The van der Waals surface area contributed by atoms with Crippen LogP contribution in [0.1, 0.15) is 36.6 Å². The normalized spacial score (nSPS) is 20.1. The molecule has 3 heterocycles. The first-order valence-electron chi connectivity index (χ1n) is 9.98. The third-order valence-electron chi connectivity index (χ3n) is 5.78. The summed E-state index contributed by atoms with van der Waals surface area (Å²) in [5.74, 6) is 2.19. The van der Waals surface area contributed by atoms with Gasteiger partial charge in [-0.15, -0.1) is 0 Å². The number of anilines is 1. The Morgan fingerprint density at radius 1 is 1.36 bits per heavy atom. The molecule has 0 radical (unpaired) electrons. The zero-order valence-corrected chi connectivity index (χ0v) is 16.6. The van der Waals surface area contributed by atoms with E-state index >= 15 is 0 Å². The van der Waals surface area contributed by atoms with Gasteiger partial charge >= 0.3 is 0 Å². The first-order chi connectivity index (χ1) is 13.5. The molecule has 150 valence electrons. The summed E-state index contributed by atoms with van der Waals surface area (Å²) in [6, 6.07) is 5.33. The van der Waals surface area contributed by atoms with E-state index in [4.69, 9.17) is 9.72 Å². The molecule has 4 rings (SSSR count). The highest BCUT2D eigenvalue weighted by molar-refractivity contribution is 5.40. The van der Waals surface area contributed by atoms with Crippen LogP contribution in [-0.2, 0) is 19.5 Å². The summed E-state index contributed by atoms with van der Waals surface area (Å²) in [6.07, 6.45) is 3.12. The highest BCUT2D eigenvalue weighted by Crippen LogP contribution is 2.27. The molecule has 7 nitrogen and oxygen atoms in total. The summed E-state index contributed by atoms with van der Waals surface area (Å²) in [5.41, 5.74) is 2.44. The van der Waals surface area contributed by atoms with Crippen molar-refractivity contribution in [3.63, 3.8) is 0 Å². The predicted molar refractivity (Wildman–Crippen MR) is 108 cm³/mol. The minimum Gasteiger partial charge on any atom is -0.507 e. The summed E-state index contributed by atoms with van der Waals surface area (Å²) < 4.78 is 5.14. The van der Waals surface area contributed by atoms with Crippen molar-refractivity contribution >= 4 is 5.95 Å². The van der Waals surface area contributed by atoms with Crippen LogP contribution in [0.15, 0.2) is 23.0 Å². The van der Waals surface area contributed by atoms with Crippen LogP contribution in [-0.4, -0.2) is 46.7 Å². The van der Waals surface area contributed by atoms with Crippen LogP contribution in [0.2, 0.25) is 0 Å². The third-order valence-corrected chi connectivity index (χ3v) is 5.78. The minimum absolute atomic E-state index is 0.0399. The van der Waals surface area contributed by atoms with Gasteiger partial charge in [0.05, 0.1) is 18.4 Å². The Morgan fingerprint density at radius 3 is 2.96 bits per heavy atom. The molecule has 0 saturated carbocycles. The van der Waals surface area contributed by atoms with Gasteiger partial charge in [-0.05, 0) is 24.8 Å². The largest absolute Gasteiger partial charge is 0.507 e. The van der Waals surface area contributed by atoms with Crippen molar-refractivity contribution in [2.45, 2.75) is 39.3 Å². The first kappa shape index (κ1) is 18.8. The molecular weight excluding hydrogens is 356 g/mol.